The molecule has 1 aromatic heterocycles. The zero-order chi connectivity index (χ0) is 18.5. The lowest BCUT2D eigenvalue weighted by Crippen LogP contribution is -2.32. The van der Waals surface area contributed by atoms with Crippen molar-refractivity contribution >= 4 is 36.5 Å². The van der Waals surface area contributed by atoms with Gasteiger partial charge in [-0.2, -0.15) is 0 Å². The molecule has 28 heavy (non-hydrogen) atoms. The molecule has 0 spiro atoms. The first kappa shape index (κ1) is 24.2. The molecule has 1 amide bonds. The Hall–Kier alpha value is -1.82. The van der Waals surface area contributed by atoms with E-state index in [1.165, 1.54) is 5.56 Å². The Bertz CT molecular complexity index is 727. The standard InChI is InChI=1S/C21H28N4O.2ClH/c1-3-12-24(4-2)20-11-10-17(13-23-20)21(26)25-14-18(19(22)15-25)16-8-6-5-7-9-16;;/h5-11,13,18-19H,3-4,12,14-15,22H2,1-2H3;2*1H/t18-,19+;;/m0../s1. The molecular weight excluding hydrogens is 395 g/mol. The molecule has 1 aliphatic heterocycles. The van der Waals surface area contributed by atoms with E-state index in [4.69, 9.17) is 5.73 Å². The number of rotatable bonds is 6. The summed E-state index contributed by atoms with van der Waals surface area (Å²) in [4.78, 5) is 21.4. The number of aromatic nitrogens is 1. The van der Waals surface area contributed by atoms with Gasteiger partial charge < -0.3 is 15.5 Å². The summed E-state index contributed by atoms with van der Waals surface area (Å²) in [5.41, 5.74) is 8.14. The molecule has 1 saturated heterocycles. The number of nitrogens with two attached hydrogens (primary N) is 1. The fourth-order valence-corrected chi connectivity index (χ4v) is 3.63. The minimum absolute atomic E-state index is 0. The van der Waals surface area contributed by atoms with Crippen molar-refractivity contribution in [3.63, 3.8) is 0 Å². The number of likely N-dealkylation sites (tertiary alicyclic amines) is 1. The van der Waals surface area contributed by atoms with Crippen LogP contribution in [0.4, 0.5) is 5.82 Å². The molecule has 0 aliphatic carbocycles. The van der Waals surface area contributed by atoms with E-state index in [0.29, 0.717) is 18.7 Å². The lowest BCUT2D eigenvalue weighted by Gasteiger charge is -2.21. The molecule has 7 heteroatoms. The van der Waals surface area contributed by atoms with Gasteiger partial charge in [-0.05, 0) is 31.0 Å². The summed E-state index contributed by atoms with van der Waals surface area (Å²) < 4.78 is 0. The molecule has 0 unspecified atom stereocenters. The summed E-state index contributed by atoms with van der Waals surface area (Å²) in [7, 11) is 0. The van der Waals surface area contributed by atoms with Gasteiger partial charge in [-0.3, -0.25) is 4.79 Å². The summed E-state index contributed by atoms with van der Waals surface area (Å²) in [5, 5.41) is 0. The molecule has 2 N–H and O–H groups in total. The first-order chi connectivity index (χ1) is 12.6. The monoisotopic (exact) mass is 424 g/mol. The van der Waals surface area contributed by atoms with Gasteiger partial charge in [0, 0.05) is 44.3 Å². The highest BCUT2D eigenvalue weighted by molar-refractivity contribution is 5.94. The summed E-state index contributed by atoms with van der Waals surface area (Å²) in [6.07, 6.45) is 2.76. The molecule has 5 nitrogen and oxygen atoms in total. The number of hydrogen-bond acceptors (Lipinski definition) is 4. The molecule has 0 saturated carbocycles. The molecule has 1 fully saturated rings. The van der Waals surface area contributed by atoms with Gasteiger partial charge >= 0.3 is 0 Å². The van der Waals surface area contributed by atoms with Crippen LogP contribution in [0.5, 0.6) is 0 Å². The maximum absolute atomic E-state index is 12.9. The molecule has 1 aliphatic rings. The molecule has 1 aromatic carbocycles. The van der Waals surface area contributed by atoms with Crippen LogP contribution < -0.4 is 10.6 Å². The van der Waals surface area contributed by atoms with Crippen LogP contribution >= 0.6 is 24.8 Å². The van der Waals surface area contributed by atoms with Gasteiger partial charge in [0.25, 0.3) is 5.91 Å². The van der Waals surface area contributed by atoms with Gasteiger partial charge in [0.2, 0.25) is 0 Å². The first-order valence-electron chi connectivity index (χ1n) is 9.44. The smallest absolute Gasteiger partial charge is 0.255 e. The number of hydrogen-bond donors (Lipinski definition) is 1. The van der Waals surface area contributed by atoms with E-state index in [9.17, 15) is 4.79 Å². The normalized spacial score (nSPS) is 18.2. The van der Waals surface area contributed by atoms with Crippen molar-refractivity contribution in [2.75, 3.05) is 31.1 Å². The van der Waals surface area contributed by atoms with Crippen LogP contribution in [0.15, 0.2) is 48.7 Å². The van der Waals surface area contributed by atoms with Crippen LogP contribution in [0, 0.1) is 0 Å². The number of pyridine rings is 1. The average molecular weight is 425 g/mol. The quantitative estimate of drug-likeness (QED) is 0.766. The highest BCUT2D eigenvalue weighted by Crippen LogP contribution is 2.27. The van der Waals surface area contributed by atoms with E-state index < -0.39 is 0 Å². The van der Waals surface area contributed by atoms with E-state index in [1.807, 2.05) is 35.2 Å². The average Bonchev–Trinajstić information content (AvgIpc) is 3.08. The van der Waals surface area contributed by atoms with Gasteiger partial charge in [-0.1, -0.05) is 37.3 Å². The van der Waals surface area contributed by atoms with Crippen LogP contribution in [0.1, 0.15) is 42.1 Å². The minimum atomic E-state index is -0.0336. The van der Waals surface area contributed by atoms with Crippen LogP contribution in [0.2, 0.25) is 0 Å². The van der Waals surface area contributed by atoms with Gasteiger partial charge in [-0.25, -0.2) is 4.98 Å². The van der Waals surface area contributed by atoms with Crippen molar-refractivity contribution in [2.45, 2.75) is 32.2 Å². The SMILES string of the molecule is CCCN(CC)c1ccc(C(=O)N2C[C@@H](N)[C@H](c3ccccc3)C2)cn1.Cl.Cl. The Labute approximate surface area is 180 Å². The molecule has 3 rings (SSSR count). The predicted octanol–water partition coefficient (Wildman–Crippen LogP) is 3.73. The van der Waals surface area contributed by atoms with Crippen LogP contribution in [-0.4, -0.2) is 48.0 Å². The minimum Gasteiger partial charge on any atom is -0.357 e. The maximum Gasteiger partial charge on any atom is 0.255 e. The number of carbonyl (C=O) groups is 1. The second-order valence-corrected chi connectivity index (χ2v) is 6.88. The lowest BCUT2D eigenvalue weighted by molar-refractivity contribution is 0.0789. The van der Waals surface area contributed by atoms with Gasteiger partial charge in [0.15, 0.2) is 0 Å². The number of carbonyl (C=O) groups excluding carboxylic acids is 1. The zero-order valence-corrected chi connectivity index (χ0v) is 18.1. The van der Waals surface area contributed by atoms with Crippen molar-refractivity contribution < 1.29 is 4.79 Å². The van der Waals surface area contributed by atoms with Crippen LogP contribution in [0.25, 0.3) is 0 Å². The number of nitrogens with zero attached hydrogens (tertiary/aromatic N) is 3. The molecule has 0 bridgehead atoms. The molecule has 2 heterocycles. The second kappa shape index (κ2) is 11.2. The Morgan fingerprint density at radius 1 is 1.14 bits per heavy atom. The van der Waals surface area contributed by atoms with Crippen LogP contribution in [0.3, 0.4) is 0 Å². The highest BCUT2D eigenvalue weighted by Gasteiger charge is 2.34. The summed E-state index contributed by atoms with van der Waals surface area (Å²) in [6.45, 7) is 7.39. The van der Waals surface area contributed by atoms with E-state index in [1.54, 1.807) is 6.20 Å². The Morgan fingerprint density at radius 3 is 2.43 bits per heavy atom. The van der Waals surface area contributed by atoms with Gasteiger partial charge in [0.05, 0.1) is 5.56 Å². The topological polar surface area (TPSA) is 62.5 Å². The molecule has 0 radical (unpaired) electrons. The number of benzene rings is 1. The second-order valence-electron chi connectivity index (χ2n) is 6.88. The Kier molecular flexibility index (Phi) is 9.73. The Morgan fingerprint density at radius 2 is 1.86 bits per heavy atom. The Balaban J connectivity index is 0.00000196. The third-order valence-electron chi connectivity index (χ3n) is 5.07. The third kappa shape index (κ3) is 5.37. The van der Waals surface area contributed by atoms with Crippen molar-refractivity contribution in [3.8, 4) is 0 Å². The van der Waals surface area contributed by atoms with E-state index in [0.717, 1.165) is 25.3 Å². The number of halogens is 2. The zero-order valence-electron chi connectivity index (χ0n) is 16.5. The maximum atomic E-state index is 12.9. The molecular formula is C21H30Cl2N4O. The summed E-state index contributed by atoms with van der Waals surface area (Å²) >= 11 is 0. The number of anilines is 1. The summed E-state index contributed by atoms with van der Waals surface area (Å²) in [6, 6.07) is 14.0. The fraction of sp³-hybridized carbons (Fsp3) is 0.429. The van der Waals surface area contributed by atoms with E-state index in [-0.39, 0.29) is 42.7 Å². The summed E-state index contributed by atoms with van der Waals surface area (Å²) in [5.74, 6) is 1.12. The molecule has 2 aromatic rings. The molecule has 154 valence electrons. The first-order valence-corrected chi connectivity index (χ1v) is 9.44. The van der Waals surface area contributed by atoms with Crippen LogP contribution in [-0.2, 0) is 0 Å². The van der Waals surface area contributed by atoms with Gasteiger partial charge in [0.1, 0.15) is 5.82 Å². The van der Waals surface area contributed by atoms with E-state index >= 15 is 0 Å². The lowest BCUT2D eigenvalue weighted by atomic mass is 9.95. The van der Waals surface area contributed by atoms with Crippen molar-refractivity contribution in [3.05, 3.63) is 59.8 Å². The van der Waals surface area contributed by atoms with Gasteiger partial charge in [-0.15, -0.1) is 24.8 Å². The largest absolute Gasteiger partial charge is 0.357 e. The predicted molar refractivity (Wildman–Crippen MR) is 120 cm³/mol. The fourth-order valence-electron chi connectivity index (χ4n) is 3.63. The number of amides is 1. The molecule has 2 atom stereocenters. The van der Waals surface area contributed by atoms with E-state index in [2.05, 4.69) is 35.9 Å². The highest BCUT2D eigenvalue weighted by atomic mass is 35.5. The third-order valence-corrected chi connectivity index (χ3v) is 5.07. The van der Waals surface area contributed by atoms with Crippen molar-refractivity contribution in [2.24, 2.45) is 5.73 Å². The van der Waals surface area contributed by atoms with Crippen molar-refractivity contribution in [1.29, 1.82) is 0 Å². The van der Waals surface area contributed by atoms with Crippen molar-refractivity contribution in [1.82, 2.24) is 9.88 Å².